The van der Waals surface area contributed by atoms with Gasteiger partial charge in [-0.3, -0.25) is 0 Å². The van der Waals surface area contributed by atoms with Crippen molar-refractivity contribution >= 4 is 32.8 Å². The smallest absolute Gasteiger partial charge is 0.127 e. The fraction of sp³-hybridized carbons (Fsp3) is 0. The standard InChI is InChI=1S/C20H15BrO/c21-19(12-10-16-6-2-1-3-7-16)15-22-20-13-11-17-8-4-5-9-18(17)14-20/h1-15H. The Bertz CT molecular complexity index is 819. The first kappa shape index (κ1) is 14.6. The fourth-order valence-corrected chi connectivity index (χ4v) is 2.37. The van der Waals surface area contributed by atoms with Crippen molar-refractivity contribution in [3.8, 4) is 5.75 Å². The van der Waals surface area contributed by atoms with Crippen molar-refractivity contribution in [2.45, 2.75) is 0 Å². The first-order valence-electron chi connectivity index (χ1n) is 7.05. The number of halogens is 1. The van der Waals surface area contributed by atoms with Crippen LogP contribution in [0, 0.1) is 0 Å². The second-order valence-electron chi connectivity index (χ2n) is 4.87. The van der Waals surface area contributed by atoms with Crippen LogP contribution in [0.2, 0.25) is 0 Å². The quantitative estimate of drug-likeness (QED) is 0.404. The maximum Gasteiger partial charge on any atom is 0.127 e. The molecule has 0 spiro atoms. The third kappa shape index (κ3) is 3.86. The van der Waals surface area contributed by atoms with Crippen molar-refractivity contribution in [2.75, 3.05) is 0 Å². The van der Waals surface area contributed by atoms with E-state index in [1.807, 2.05) is 54.6 Å². The zero-order chi connectivity index (χ0) is 15.2. The van der Waals surface area contributed by atoms with Gasteiger partial charge < -0.3 is 4.74 Å². The minimum atomic E-state index is 0.823. The van der Waals surface area contributed by atoms with E-state index < -0.39 is 0 Å². The lowest BCUT2D eigenvalue weighted by atomic mass is 10.1. The molecule has 3 rings (SSSR count). The third-order valence-electron chi connectivity index (χ3n) is 3.26. The molecule has 3 aromatic rings. The Kier molecular flexibility index (Phi) is 4.71. The van der Waals surface area contributed by atoms with Crippen LogP contribution in [0.3, 0.4) is 0 Å². The van der Waals surface area contributed by atoms with Crippen LogP contribution < -0.4 is 4.74 Å². The minimum Gasteiger partial charge on any atom is -0.464 e. The Labute approximate surface area is 138 Å². The van der Waals surface area contributed by atoms with Crippen LogP contribution in [0.5, 0.6) is 5.75 Å². The van der Waals surface area contributed by atoms with Crippen LogP contribution in [0.25, 0.3) is 16.8 Å². The van der Waals surface area contributed by atoms with Crippen LogP contribution in [0.4, 0.5) is 0 Å². The van der Waals surface area contributed by atoms with Crippen LogP contribution in [-0.2, 0) is 0 Å². The second-order valence-corrected chi connectivity index (χ2v) is 5.79. The maximum atomic E-state index is 5.70. The molecule has 0 aliphatic rings. The van der Waals surface area contributed by atoms with E-state index in [0.29, 0.717) is 0 Å². The molecule has 2 heteroatoms. The van der Waals surface area contributed by atoms with Gasteiger partial charge in [0.25, 0.3) is 0 Å². The van der Waals surface area contributed by atoms with Crippen LogP contribution in [0.15, 0.2) is 89.6 Å². The van der Waals surface area contributed by atoms with Gasteiger partial charge in [0, 0.05) is 0 Å². The van der Waals surface area contributed by atoms with E-state index in [4.69, 9.17) is 4.74 Å². The average Bonchev–Trinajstić information content (AvgIpc) is 2.59. The molecule has 0 saturated carbocycles. The summed E-state index contributed by atoms with van der Waals surface area (Å²) >= 11 is 3.49. The van der Waals surface area contributed by atoms with Gasteiger partial charge in [0.05, 0.1) is 4.48 Å². The van der Waals surface area contributed by atoms with Gasteiger partial charge in [0.15, 0.2) is 0 Å². The Hall–Kier alpha value is -2.32. The Morgan fingerprint density at radius 2 is 1.55 bits per heavy atom. The van der Waals surface area contributed by atoms with E-state index in [-0.39, 0.29) is 0 Å². The lowest BCUT2D eigenvalue weighted by Crippen LogP contribution is -1.83. The molecule has 0 N–H and O–H groups in total. The zero-order valence-electron chi connectivity index (χ0n) is 11.9. The van der Waals surface area contributed by atoms with Gasteiger partial charge in [0.2, 0.25) is 0 Å². The molecule has 0 amide bonds. The molecule has 0 bridgehead atoms. The first-order chi connectivity index (χ1) is 10.8. The molecule has 108 valence electrons. The minimum absolute atomic E-state index is 0.823. The van der Waals surface area contributed by atoms with Crippen molar-refractivity contribution in [1.29, 1.82) is 0 Å². The van der Waals surface area contributed by atoms with Crippen LogP contribution in [-0.4, -0.2) is 0 Å². The first-order valence-corrected chi connectivity index (χ1v) is 7.85. The van der Waals surface area contributed by atoms with Gasteiger partial charge in [-0.1, -0.05) is 66.7 Å². The average molecular weight is 351 g/mol. The van der Waals surface area contributed by atoms with Crippen molar-refractivity contribution in [2.24, 2.45) is 0 Å². The summed E-state index contributed by atoms with van der Waals surface area (Å²) in [5.74, 6) is 0.823. The van der Waals surface area contributed by atoms with Crippen molar-refractivity contribution < 1.29 is 4.74 Å². The number of rotatable bonds is 4. The molecule has 0 aliphatic heterocycles. The summed E-state index contributed by atoms with van der Waals surface area (Å²) in [6.07, 6.45) is 5.70. The molecule has 22 heavy (non-hydrogen) atoms. The molecular weight excluding hydrogens is 336 g/mol. The SMILES string of the molecule is BrC(C=Cc1ccccc1)=COc1ccc2ccccc2c1. The number of allylic oxidation sites excluding steroid dienone is 2. The number of hydrogen-bond acceptors (Lipinski definition) is 1. The largest absolute Gasteiger partial charge is 0.464 e. The predicted octanol–water partition coefficient (Wildman–Crippen LogP) is 6.17. The van der Waals surface area contributed by atoms with Crippen molar-refractivity contribution in [1.82, 2.24) is 0 Å². The number of ether oxygens (including phenoxy) is 1. The molecule has 0 unspecified atom stereocenters. The zero-order valence-corrected chi connectivity index (χ0v) is 13.5. The molecule has 0 aromatic heterocycles. The summed E-state index contributed by atoms with van der Waals surface area (Å²) in [5.41, 5.74) is 1.15. The van der Waals surface area contributed by atoms with Gasteiger partial charge in [-0.2, -0.15) is 0 Å². The number of hydrogen-bond donors (Lipinski definition) is 0. The Morgan fingerprint density at radius 1 is 0.818 bits per heavy atom. The van der Waals surface area contributed by atoms with Crippen molar-refractivity contribution in [3.05, 3.63) is 95.2 Å². The van der Waals surface area contributed by atoms with E-state index in [2.05, 4.69) is 46.3 Å². The Balaban J connectivity index is 1.70. The molecule has 0 atom stereocenters. The summed E-state index contributed by atoms with van der Waals surface area (Å²) in [4.78, 5) is 0. The van der Waals surface area contributed by atoms with Gasteiger partial charge in [0.1, 0.15) is 12.0 Å². The van der Waals surface area contributed by atoms with E-state index in [9.17, 15) is 0 Å². The van der Waals surface area contributed by atoms with E-state index in [1.54, 1.807) is 6.26 Å². The summed E-state index contributed by atoms with van der Waals surface area (Å²) in [6.45, 7) is 0. The van der Waals surface area contributed by atoms with Crippen LogP contribution >= 0.6 is 15.9 Å². The normalized spacial score (nSPS) is 12.0. The summed E-state index contributed by atoms with van der Waals surface area (Å²) < 4.78 is 6.58. The Morgan fingerprint density at radius 3 is 2.36 bits per heavy atom. The maximum absolute atomic E-state index is 5.70. The van der Waals surface area contributed by atoms with Crippen molar-refractivity contribution in [3.63, 3.8) is 0 Å². The van der Waals surface area contributed by atoms with Gasteiger partial charge in [-0.15, -0.1) is 0 Å². The summed E-state index contributed by atoms with van der Waals surface area (Å²) in [6, 6.07) is 24.5. The highest BCUT2D eigenvalue weighted by atomic mass is 79.9. The topological polar surface area (TPSA) is 9.23 Å². The molecule has 0 radical (unpaired) electrons. The van der Waals surface area contributed by atoms with Gasteiger partial charge >= 0.3 is 0 Å². The molecule has 1 nitrogen and oxygen atoms in total. The molecule has 3 aromatic carbocycles. The van der Waals surface area contributed by atoms with E-state index >= 15 is 0 Å². The van der Waals surface area contributed by atoms with Gasteiger partial charge in [-0.05, 0) is 50.5 Å². The van der Waals surface area contributed by atoms with Crippen LogP contribution in [0.1, 0.15) is 5.56 Å². The van der Waals surface area contributed by atoms with Gasteiger partial charge in [-0.25, -0.2) is 0 Å². The summed E-state index contributed by atoms with van der Waals surface area (Å²) in [5, 5.41) is 2.38. The molecule has 0 aliphatic carbocycles. The fourth-order valence-electron chi connectivity index (χ4n) is 2.14. The second kappa shape index (κ2) is 7.10. The molecule has 0 heterocycles. The third-order valence-corrected chi connectivity index (χ3v) is 3.71. The van der Waals surface area contributed by atoms with E-state index in [0.717, 1.165) is 15.8 Å². The molecule has 0 fully saturated rings. The predicted molar refractivity (Wildman–Crippen MR) is 97.1 cm³/mol. The molecular formula is C20H15BrO. The van der Waals surface area contributed by atoms with E-state index in [1.165, 1.54) is 10.8 Å². The highest BCUT2D eigenvalue weighted by Crippen LogP contribution is 2.21. The molecule has 0 saturated heterocycles. The summed E-state index contributed by atoms with van der Waals surface area (Å²) in [7, 11) is 0. The lowest BCUT2D eigenvalue weighted by molar-refractivity contribution is 0.481. The number of fused-ring (bicyclic) bond motifs is 1. The number of benzene rings is 3. The monoisotopic (exact) mass is 350 g/mol. The highest BCUT2D eigenvalue weighted by molar-refractivity contribution is 9.11. The lowest BCUT2D eigenvalue weighted by Gasteiger charge is -2.03. The highest BCUT2D eigenvalue weighted by Gasteiger charge is 1.96.